The van der Waals surface area contributed by atoms with Gasteiger partial charge in [-0.15, -0.1) is 24.0 Å². The van der Waals surface area contributed by atoms with Gasteiger partial charge in [-0.25, -0.2) is 0 Å². The second-order valence-corrected chi connectivity index (χ2v) is 6.03. The van der Waals surface area contributed by atoms with Crippen LogP contribution in [0.1, 0.15) is 37.3 Å². The molecule has 1 fully saturated rings. The Morgan fingerprint density at radius 1 is 1.32 bits per heavy atom. The molecule has 0 bridgehead atoms. The summed E-state index contributed by atoms with van der Waals surface area (Å²) in [6.45, 7) is 2.74. The predicted octanol–water partition coefficient (Wildman–Crippen LogP) is 1.83. The van der Waals surface area contributed by atoms with Crippen LogP contribution in [0.25, 0.3) is 0 Å². The van der Waals surface area contributed by atoms with Gasteiger partial charge in [-0.05, 0) is 26.9 Å². The number of rotatable bonds is 4. The number of aryl methyl sites for hydroxylation is 1. The first-order valence-electron chi connectivity index (χ1n) is 7.78. The van der Waals surface area contributed by atoms with Crippen molar-refractivity contribution in [2.75, 3.05) is 33.7 Å². The molecule has 6 nitrogen and oxygen atoms in total. The SMILES string of the molecule is CN(C)C(CN=C(N)N1CCCCCC1)c1cnn(C)c1.I. The Morgan fingerprint density at radius 3 is 2.45 bits per heavy atom. The van der Waals surface area contributed by atoms with Crippen molar-refractivity contribution in [1.82, 2.24) is 19.6 Å². The standard InChI is InChI=1S/C15H28N6.HI/c1-19(2)14(13-10-18-20(3)12-13)11-17-15(16)21-8-6-4-5-7-9-21;/h10,12,14H,4-9,11H2,1-3H3,(H2,16,17);1H. The summed E-state index contributed by atoms with van der Waals surface area (Å²) in [6, 6.07) is 0.212. The molecule has 2 N–H and O–H groups in total. The molecule has 0 saturated carbocycles. The van der Waals surface area contributed by atoms with Crippen molar-refractivity contribution >= 4 is 29.9 Å². The largest absolute Gasteiger partial charge is 0.370 e. The Kier molecular flexibility index (Phi) is 8.16. The quantitative estimate of drug-likeness (QED) is 0.459. The van der Waals surface area contributed by atoms with Crippen LogP contribution in [0.4, 0.5) is 0 Å². The molecule has 2 rings (SSSR count). The lowest BCUT2D eigenvalue weighted by molar-refractivity contribution is 0.305. The molecule has 0 amide bonds. The summed E-state index contributed by atoms with van der Waals surface area (Å²) in [5.41, 5.74) is 7.36. The van der Waals surface area contributed by atoms with Crippen molar-refractivity contribution in [3.63, 3.8) is 0 Å². The normalized spacial score (nSPS) is 18.0. The van der Waals surface area contributed by atoms with Gasteiger partial charge in [0, 0.05) is 31.9 Å². The lowest BCUT2D eigenvalue weighted by atomic mass is 10.1. The summed E-state index contributed by atoms with van der Waals surface area (Å²) in [7, 11) is 6.07. The summed E-state index contributed by atoms with van der Waals surface area (Å²) in [5, 5.41) is 4.25. The van der Waals surface area contributed by atoms with E-state index in [0.29, 0.717) is 12.5 Å². The lowest BCUT2D eigenvalue weighted by Crippen LogP contribution is -2.38. The molecule has 0 radical (unpaired) electrons. The fourth-order valence-electron chi connectivity index (χ4n) is 2.76. The van der Waals surface area contributed by atoms with Crippen LogP contribution in [-0.4, -0.2) is 59.3 Å². The molecule has 2 heterocycles. The molecular formula is C15H29IN6. The summed E-state index contributed by atoms with van der Waals surface area (Å²) in [5.74, 6) is 0.688. The van der Waals surface area contributed by atoms with Crippen LogP contribution in [0, 0.1) is 0 Å². The Labute approximate surface area is 150 Å². The molecule has 22 heavy (non-hydrogen) atoms. The number of guanidine groups is 1. The molecule has 1 saturated heterocycles. The average molecular weight is 420 g/mol. The fourth-order valence-corrected chi connectivity index (χ4v) is 2.76. The minimum Gasteiger partial charge on any atom is -0.370 e. The second-order valence-electron chi connectivity index (χ2n) is 6.03. The van der Waals surface area contributed by atoms with E-state index in [1.165, 1.54) is 31.2 Å². The third kappa shape index (κ3) is 5.42. The highest BCUT2D eigenvalue weighted by Crippen LogP contribution is 2.18. The van der Waals surface area contributed by atoms with E-state index in [1.54, 1.807) is 0 Å². The van der Waals surface area contributed by atoms with Crippen LogP contribution in [-0.2, 0) is 7.05 Å². The number of halogens is 1. The summed E-state index contributed by atoms with van der Waals surface area (Å²) in [4.78, 5) is 9.03. The molecule has 1 aliphatic heterocycles. The first-order valence-corrected chi connectivity index (χ1v) is 7.78. The Hall–Kier alpha value is -0.830. The maximum absolute atomic E-state index is 6.19. The van der Waals surface area contributed by atoms with Crippen LogP contribution in [0.5, 0.6) is 0 Å². The van der Waals surface area contributed by atoms with E-state index in [9.17, 15) is 0 Å². The van der Waals surface area contributed by atoms with Gasteiger partial charge in [-0.2, -0.15) is 5.10 Å². The zero-order chi connectivity index (χ0) is 15.2. The van der Waals surface area contributed by atoms with Crippen LogP contribution in [0.2, 0.25) is 0 Å². The van der Waals surface area contributed by atoms with E-state index in [4.69, 9.17) is 5.73 Å². The van der Waals surface area contributed by atoms with Crippen molar-refractivity contribution in [3.05, 3.63) is 18.0 Å². The molecule has 0 spiro atoms. The van der Waals surface area contributed by atoms with E-state index in [-0.39, 0.29) is 30.0 Å². The minimum absolute atomic E-state index is 0. The average Bonchev–Trinajstić information content (AvgIpc) is 2.71. The monoisotopic (exact) mass is 420 g/mol. The number of nitrogens with zero attached hydrogens (tertiary/aromatic N) is 5. The number of nitrogens with two attached hydrogens (primary N) is 1. The predicted molar refractivity (Wildman–Crippen MR) is 102 cm³/mol. The molecule has 1 aromatic rings. The number of likely N-dealkylation sites (tertiary alicyclic amines) is 1. The van der Waals surface area contributed by atoms with Gasteiger partial charge in [0.25, 0.3) is 0 Å². The van der Waals surface area contributed by atoms with E-state index >= 15 is 0 Å². The zero-order valence-electron chi connectivity index (χ0n) is 13.9. The van der Waals surface area contributed by atoms with E-state index in [0.717, 1.165) is 13.1 Å². The molecule has 1 atom stereocenters. The van der Waals surface area contributed by atoms with Gasteiger partial charge < -0.3 is 15.5 Å². The Morgan fingerprint density at radius 2 is 1.95 bits per heavy atom. The van der Waals surface area contributed by atoms with Crippen LogP contribution in [0.3, 0.4) is 0 Å². The molecule has 1 aliphatic rings. The molecule has 1 aromatic heterocycles. The smallest absolute Gasteiger partial charge is 0.191 e. The number of hydrogen-bond acceptors (Lipinski definition) is 3. The second kappa shape index (κ2) is 9.34. The summed E-state index contributed by atoms with van der Waals surface area (Å²) < 4.78 is 1.83. The maximum atomic E-state index is 6.19. The first-order chi connectivity index (χ1) is 10.1. The molecule has 1 unspecified atom stereocenters. The molecule has 0 aromatic carbocycles. The number of hydrogen-bond donors (Lipinski definition) is 1. The highest BCUT2D eigenvalue weighted by Gasteiger charge is 2.17. The third-order valence-electron chi connectivity index (χ3n) is 4.09. The molecule has 0 aliphatic carbocycles. The molecule has 7 heteroatoms. The van der Waals surface area contributed by atoms with Crippen molar-refractivity contribution in [3.8, 4) is 0 Å². The fraction of sp³-hybridized carbons (Fsp3) is 0.733. The van der Waals surface area contributed by atoms with Crippen LogP contribution < -0.4 is 5.73 Å². The van der Waals surface area contributed by atoms with Gasteiger partial charge in [0.2, 0.25) is 0 Å². The van der Waals surface area contributed by atoms with Crippen LogP contribution >= 0.6 is 24.0 Å². The van der Waals surface area contributed by atoms with Crippen molar-refractivity contribution < 1.29 is 0 Å². The van der Waals surface area contributed by atoms with Gasteiger partial charge in [-0.3, -0.25) is 9.67 Å². The Balaban J connectivity index is 0.00000242. The highest BCUT2D eigenvalue weighted by molar-refractivity contribution is 14.0. The van der Waals surface area contributed by atoms with E-state index in [1.807, 2.05) is 24.1 Å². The van der Waals surface area contributed by atoms with E-state index < -0.39 is 0 Å². The maximum Gasteiger partial charge on any atom is 0.191 e. The number of aliphatic imine (C=N–C) groups is 1. The van der Waals surface area contributed by atoms with Crippen molar-refractivity contribution in [1.29, 1.82) is 0 Å². The minimum atomic E-state index is 0. The summed E-state index contributed by atoms with van der Waals surface area (Å²) in [6.07, 6.45) is 9.00. The van der Waals surface area contributed by atoms with Crippen LogP contribution in [0.15, 0.2) is 17.4 Å². The van der Waals surface area contributed by atoms with Crippen molar-refractivity contribution in [2.45, 2.75) is 31.7 Å². The topological polar surface area (TPSA) is 62.7 Å². The van der Waals surface area contributed by atoms with Gasteiger partial charge in [0.15, 0.2) is 5.96 Å². The van der Waals surface area contributed by atoms with Gasteiger partial charge in [0.1, 0.15) is 0 Å². The molecular weight excluding hydrogens is 391 g/mol. The van der Waals surface area contributed by atoms with Gasteiger partial charge >= 0.3 is 0 Å². The summed E-state index contributed by atoms with van der Waals surface area (Å²) >= 11 is 0. The number of likely N-dealkylation sites (N-methyl/N-ethyl adjacent to an activating group) is 1. The first kappa shape index (κ1) is 19.2. The van der Waals surface area contributed by atoms with Gasteiger partial charge in [0.05, 0.1) is 18.8 Å². The molecule has 126 valence electrons. The lowest BCUT2D eigenvalue weighted by Gasteiger charge is -2.24. The Bertz CT molecular complexity index is 462. The van der Waals surface area contributed by atoms with E-state index in [2.05, 4.69) is 34.0 Å². The van der Waals surface area contributed by atoms with Gasteiger partial charge in [-0.1, -0.05) is 12.8 Å². The third-order valence-corrected chi connectivity index (χ3v) is 4.09. The van der Waals surface area contributed by atoms with Crippen molar-refractivity contribution in [2.24, 2.45) is 17.8 Å². The highest BCUT2D eigenvalue weighted by atomic mass is 127. The zero-order valence-corrected chi connectivity index (χ0v) is 16.2. The number of aromatic nitrogens is 2.